The van der Waals surface area contributed by atoms with Crippen molar-refractivity contribution < 1.29 is 9.90 Å². The van der Waals surface area contributed by atoms with E-state index in [2.05, 4.69) is 25.9 Å². The molecular weight excluding hydrogens is 298 g/mol. The highest BCUT2D eigenvalue weighted by Gasteiger charge is 2.38. The number of carboxylic acids is 1. The number of carboxylic acid groups (broad SMARTS) is 1. The molecule has 0 aromatic carbocycles. The fourth-order valence-electron chi connectivity index (χ4n) is 2.19. The Morgan fingerprint density at radius 1 is 1.44 bits per heavy atom. The van der Waals surface area contributed by atoms with Crippen LogP contribution in [-0.4, -0.2) is 25.6 Å². The lowest BCUT2D eigenvalue weighted by Gasteiger charge is -2.28. The molecule has 2 aromatic rings. The Kier molecular flexibility index (Phi) is 3.38. The van der Waals surface area contributed by atoms with Crippen LogP contribution in [0.1, 0.15) is 26.7 Å². The Morgan fingerprint density at radius 3 is 2.67 bits per heavy atom. The van der Waals surface area contributed by atoms with Crippen LogP contribution in [-0.2, 0) is 10.3 Å². The second-order valence-corrected chi connectivity index (χ2v) is 5.07. The number of rotatable bonds is 4. The Labute approximate surface area is 113 Å². The number of fused-ring (bicyclic) bond motifs is 1. The number of nitrogens with zero attached hydrogens (tertiary/aromatic N) is 3. The average molecular weight is 312 g/mol. The van der Waals surface area contributed by atoms with Crippen molar-refractivity contribution in [3.63, 3.8) is 0 Å². The second kappa shape index (κ2) is 4.68. The van der Waals surface area contributed by atoms with E-state index in [1.165, 1.54) is 0 Å². The molecule has 96 valence electrons. The Morgan fingerprint density at radius 2 is 2.11 bits per heavy atom. The van der Waals surface area contributed by atoms with Crippen molar-refractivity contribution in [2.45, 2.75) is 32.2 Å². The molecule has 18 heavy (non-hydrogen) atoms. The lowest BCUT2D eigenvalue weighted by atomic mass is 9.92. The van der Waals surface area contributed by atoms with E-state index in [0.717, 1.165) is 4.47 Å². The molecule has 0 radical (unpaired) electrons. The maximum absolute atomic E-state index is 11.6. The van der Waals surface area contributed by atoms with Gasteiger partial charge in [-0.05, 0) is 34.8 Å². The van der Waals surface area contributed by atoms with Crippen LogP contribution in [0.15, 0.2) is 23.1 Å². The van der Waals surface area contributed by atoms with Crippen LogP contribution < -0.4 is 0 Å². The average Bonchev–Trinajstić information content (AvgIpc) is 2.75. The lowest BCUT2D eigenvalue weighted by Crippen LogP contribution is -2.40. The summed E-state index contributed by atoms with van der Waals surface area (Å²) in [6.07, 6.45) is 4.19. The van der Waals surface area contributed by atoms with Gasteiger partial charge in [0, 0.05) is 10.7 Å². The summed E-state index contributed by atoms with van der Waals surface area (Å²) in [6.45, 7) is 3.73. The monoisotopic (exact) mass is 311 g/mol. The van der Waals surface area contributed by atoms with E-state index in [0.29, 0.717) is 24.0 Å². The molecule has 1 N–H and O–H groups in total. The third-order valence-corrected chi connectivity index (χ3v) is 3.82. The van der Waals surface area contributed by atoms with Gasteiger partial charge in [-0.15, -0.1) is 0 Å². The van der Waals surface area contributed by atoms with Gasteiger partial charge in [-0.3, -0.25) is 4.57 Å². The Bertz CT molecular complexity index is 590. The summed E-state index contributed by atoms with van der Waals surface area (Å²) >= 11 is 3.33. The summed E-state index contributed by atoms with van der Waals surface area (Å²) < 4.78 is 2.49. The molecule has 0 saturated heterocycles. The molecule has 0 aliphatic rings. The Balaban J connectivity index is 2.69. The van der Waals surface area contributed by atoms with Crippen molar-refractivity contribution in [1.82, 2.24) is 14.5 Å². The maximum Gasteiger partial charge on any atom is 0.329 e. The van der Waals surface area contributed by atoms with Gasteiger partial charge in [-0.1, -0.05) is 13.8 Å². The van der Waals surface area contributed by atoms with Crippen LogP contribution in [0.4, 0.5) is 0 Å². The fourth-order valence-corrected chi connectivity index (χ4v) is 2.51. The van der Waals surface area contributed by atoms with Crippen molar-refractivity contribution in [3.8, 4) is 0 Å². The zero-order valence-electron chi connectivity index (χ0n) is 10.2. The van der Waals surface area contributed by atoms with Gasteiger partial charge in [0.15, 0.2) is 5.65 Å². The SMILES string of the molecule is CCC(CC)(C(=O)O)n1cnc2cc(Br)cnc21. The summed E-state index contributed by atoms with van der Waals surface area (Å²) in [5.41, 5.74) is 0.316. The topological polar surface area (TPSA) is 68.0 Å². The number of halogens is 1. The zero-order chi connectivity index (χ0) is 13.3. The van der Waals surface area contributed by atoms with Gasteiger partial charge in [0.25, 0.3) is 0 Å². The van der Waals surface area contributed by atoms with Crippen LogP contribution in [0.3, 0.4) is 0 Å². The number of hydrogen-bond acceptors (Lipinski definition) is 3. The van der Waals surface area contributed by atoms with Gasteiger partial charge in [0.2, 0.25) is 0 Å². The molecule has 0 amide bonds. The maximum atomic E-state index is 11.6. The van der Waals surface area contributed by atoms with E-state index >= 15 is 0 Å². The van der Waals surface area contributed by atoms with E-state index in [1.807, 2.05) is 19.9 Å². The first-order valence-corrected chi connectivity index (χ1v) is 6.57. The highest BCUT2D eigenvalue weighted by Crippen LogP contribution is 2.29. The van der Waals surface area contributed by atoms with Crippen LogP contribution in [0.2, 0.25) is 0 Å². The first kappa shape index (κ1) is 13.0. The van der Waals surface area contributed by atoms with Crippen LogP contribution in [0.25, 0.3) is 11.2 Å². The van der Waals surface area contributed by atoms with Crippen molar-refractivity contribution in [1.29, 1.82) is 0 Å². The fraction of sp³-hybridized carbons (Fsp3) is 0.417. The van der Waals surface area contributed by atoms with Crippen LogP contribution in [0, 0.1) is 0 Å². The quantitative estimate of drug-likeness (QED) is 0.942. The molecule has 0 fully saturated rings. The number of carbonyl (C=O) groups is 1. The molecule has 0 spiro atoms. The van der Waals surface area contributed by atoms with Gasteiger partial charge in [0.1, 0.15) is 11.1 Å². The van der Waals surface area contributed by atoms with Gasteiger partial charge in [-0.25, -0.2) is 14.8 Å². The largest absolute Gasteiger partial charge is 0.479 e. The summed E-state index contributed by atoms with van der Waals surface area (Å²) in [5, 5.41) is 9.52. The summed E-state index contributed by atoms with van der Waals surface area (Å²) in [5.74, 6) is -0.850. The predicted molar refractivity (Wildman–Crippen MR) is 71.4 cm³/mol. The minimum atomic E-state index is -0.977. The first-order valence-electron chi connectivity index (χ1n) is 5.77. The summed E-state index contributed by atoms with van der Waals surface area (Å²) in [6, 6.07) is 1.83. The van der Waals surface area contributed by atoms with Crippen molar-refractivity contribution in [2.24, 2.45) is 0 Å². The molecule has 5 nitrogen and oxygen atoms in total. The molecule has 0 atom stereocenters. The molecule has 0 saturated carbocycles. The molecule has 0 aliphatic carbocycles. The van der Waals surface area contributed by atoms with Crippen molar-refractivity contribution in [2.75, 3.05) is 0 Å². The minimum absolute atomic E-state index is 0.488. The molecule has 2 heterocycles. The highest BCUT2D eigenvalue weighted by atomic mass is 79.9. The van der Waals surface area contributed by atoms with Gasteiger partial charge in [-0.2, -0.15) is 0 Å². The third kappa shape index (κ3) is 1.80. The van der Waals surface area contributed by atoms with Crippen LogP contribution in [0.5, 0.6) is 0 Å². The van der Waals surface area contributed by atoms with Crippen LogP contribution >= 0.6 is 15.9 Å². The highest BCUT2D eigenvalue weighted by molar-refractivity contribution is 9.10. The van der Waals surface area contributed by atoms with Gasteiger partial charge < -0.3 is 5.11 Å². The van der Waals surface area contributed by atoms with E-state index in [9.17, 15) is 9.90 Å². The number of imidazole rings is 1. The first-order chi connectivity index (χ1) is 8.55. The predicted octanol–water partition coefficient (Wildman–Crippen LogP) is 2.79. The van der Waals surface area contributed by atoms with E-state index in [-0.39, 0.29) is 0 Å². The third-order valence-electron chi connectivity index (χ3n) is 3.38. The Hall–Kier alpha value is -1.43. The van der Waals surface area contributed by atoms with E-state index < -0.39 is 11.5 Å². The smallest absolute Gasteiger partial charge is 0.329 e. The normalized spacial score (nSPS) is 11.9. The summed E-state index contributed by atoms with van der Waals surface area (Å²) in [4.78, 5) is 20.1. The molecular formula is C12H14BrN3O2. The molecule has 2 aromatic heterocycles. The number of pyridine rings is 1. The molecule has 0 unspecified atom stereocenters. The summed E-state index contributed by atoms with van der Waals surface area (Å²) in [7, 11) is 0. The van der Waals surface area contributed by atoms with E-state index in [1.54, 1.807) is 17.1 Å². The minimum Gasteiger partial charge on any atom is -0.479 e. The van der Waals surface area contributed by atoms with Crippen molar-refractivity contribution in [3.05, 3.63) is 23.1 Å². The molecule has 0 bridgehead atoms. The number of aliphatic carboxylic acids is 1. The van der Waals surface area contributed by atoms with Gasteiger partial charge in [0.05, 0.1) is 6.33 Å². The molecule has 2 rings (SSSR count). The van der Waals surface area contributed by atoms with Gasteiger partial charge >= 0.3 is 5.97 Å². The standard InChI is InChI=1S/C12H14BrN3O2/c1-3-12(4-2,11(17)18)16-7-15-9-5-8(13)6-14-10(9)16/h5-7H,3-4H2,1-2H3,(H,17,18). The van der Waals surface area contributed by atoms with E-state index in [4.69, 9.17) is 0 Å². The number of hydrogen-bond donors (Lipinski definition) is 1. The molecule has 0 aliphatic heterocycles. The molecule has 6 heteroatoms. The lowest BCUT2D eigenvalue weighted by molar-refractivity contribution is -0.147. The van der Waals surface area contributed by atoms with Crippen molar-refractivity contribution >= 4 is 33.1 Å². The zero-order valence-corrected chi connectivity index (χ0v) is 11.8. The number of aromatic nitrogens is 3. The second-order valence-electron chi connectivity index (χ2n) is 4.15.